The van der Waals surface area contributed by atoms with Crippen LogP contribution in [0.1, 0.15) is 25.8 Å². The van der Waals surface area contributed by atoms with E-state index in [9.17, 15) is 22.8 Å². The van der Waals surface area contributed by atoms with Crippen molar-refractivity contribution < 1.29 is 32.3 Å². The van der Waals surface area contributed by atoms with Gasteiger partial charge in [0.25, 0.3) is 5.91 Å². The molecule has 1 fully saturated rings. The van der Waals surface area contributed by atoms with Gasteiger partial charge in [0, 0.05) is 38.7 Å². The van der Waals surface area contributed by atoms with Crippen molar-refractivity contribution in [1.29, 1.82) is 0 Å². The molecule has 0 bridgehead atoms. The Morgan fingerprint density at radius 3 is 2.48 bits per heavy atom. The first kappa shape index (κ1) is 22.9. The van der Waals surface area contributed by atoms with Crippen LogP contribution in [0, 0.1) is 6.92 Å². The van der Waals surface area contributed by atoms with Gasteiger partial charge in [-0.3, -0.25) is 9.59 Å². The Balaban J connectivity index is 1.66. The molecule has 10 nitrogen and oxygen atoms in total. The van der Waals surface area contributed by atoms with Gasteiger partial charge in [0.05, 0.1) is 22.4 Å². The van der Waals surface area contributed by atoms with Gasteiger partial charge in [0.15, 0.2) is 16.4 Å². The fraction of sp³-hybridized carbons (Fsp3) is 0.550. The normalized spacial score (nSPS) is 17.3. The molecule has 11 heteroatoms. The van der Waals surface area contributed by atoms with Gasteiger partial charge >= 0.3 is 6.09 Å². The maximum atomic E-state index is 13.2. The third kappa shape index (κ3) is 4.92. The predicted octanol–water partition coefficient (Wildman–Crippen LogP) is 1.18. The number of sulfone groups is 1. The number of piperazine rings is 1. The van der Waals surface area contributed by atoms with E-state index in [1.807, 2.05) is 0 Å². The lowest BCUT2D eigenvalue weighted by atomic mass is 10.2. The number of nitrogens with one attached hydrogen (secondary N) is 1. The Morgan fingerprint density at radius 1 is 1.19 bits per heavy atom. The summed E-state index contributed by atoms with van der Waals surface area (Å²) in [6, 6.07) is 2.96. The molecule has 3 rings (SSSR count). The molecule has 1 aromatic rings. The van der Waals surface area contributed by atoms with Gasteiger partial charge in [0.1, 0.15) is 5.75 Å². The van der Waals surface area contributed by atoms with Gasteiger partial charge in [-0.1, -0.05) is 0 Å². The van der Waals surface area contributed by atoms with Crippen molar-refractivity contribution in [3.8, 4) is 5.75 Å². The van der Waals surface area contributed by atoms with E-state index in [4.69, 9.17) is 9.47 Å². The fourth-order valence-corrected chi connectivity index (χ4v) is 5.15. The van der Waals surface area contributed by atoms with Crippen LogP contribution in [0.4, 0.5) is 10.5 Å². The number of nitrogens with zero attached hydrogens (tertiary/aromatic N) is 2. The number of hydrogen-bond acceptors (Lipinski definition) is 7. The van der Waals surface area contributed by atoms with E-state index < -0.39 is 21.2 Å². The first-order chi connectivity index (χ1) is 14.6. The number of carbonyl (C=O) groups is 3. The van der Waals surface area contributed by atoms with Crippen LogP contribution in [0.15, 0.2) is 17.0 Å². The van der Waals surface area contributed by atoms with Crippen molar-refractivity contribution in [3.05, 3.63) is 17.7 Å². The fourth-order valence-electron chi connectivity index (χ4n) is 3.58. The summed E-state index contributed by atoms with van der Waals surface area (Å²) in [6.07, 6.45) is -0.581. The van der Waals surface area contributed by atoms with Crippen molar-refractivity contribution in [2.45, 2.75) is 37.3 Å². The second kappa shape index (κ2) is 9.13. The van der Waals surface area contributed by atoms with Crippen molar-refractivity contribution in [2.75, 3.05) is 44.7 Å². The third-order valence-corrected chi connectivity index (χ3v) is 7.65. The van der Waals surface area contributed by atoms with Crippen molar-refractivity contribution in [1.82, 2.24) is 9.80 Å². The van der Waals surface area contributed by atoms with Crippen LogP contribution < -0.4 is 10.1 Å². The maximum absolute atomic E-state index is 13.2. The molecule has 31 heavy (non-hydrogen) atoms. The zero-order valence-corrected chi connectivity index (χ0v) is 18.7. The number of benzene rings is 1. The number of hydrogen-bond donors (Lipinski definition) is 1. The van der Waals surface area contributed by atoms with Gasteiger partial charge in [-0.25, -0.2) is 13.2 Å². The van der Waals surface area contributed by atoms with E-state index in [0.29, 0.717) is 37.4 Å². The second-order valence-electron chi connectivity index (χ2n) is 7.58. The van der Waals surface area contributed by atoms with Crippen LogP contribution in [-0.2, 0) is 24.2 Å². The quantitative estimate of drug-likeness (QED) is 0.710. The summed E-state index contributed by atoms with van der Waals surface area (Å²) in [5.41, 5.74) is 0.891. The van der Waals surface area contributed by atoms with Gasteiger partial charge in [-0.15, -0.1) is 0 Å². The maximum Gasteiger partial charge on any atom is 0.409 e. The summed E-state index contributed by atoms with van der Waals surface area (Å²) >= 11 is 0. The first-order valence-electron chi connectivity index (χ1n) is 10.1. The second-order valence-corrected chi connectivity index (χ2v) is 9.91. The highest BCUT2D eigenvalue weighted by atomic mass is 32.2. The number of amides is 3. The van der Waals surface area contributed by atoms with Gasteiger partial charge in [-0.2, -0.15) is 0 Å². The lowest BCUT2D eigenvalue weighted by Gasteiger charge is -2.34. The Hall–Kier alpha value is -2.82. The molecule has 0 saturated carbocycles. The number of carbonyl (C=O) groups excluding carboxylic acids is 3. The minimum absolute atomic E-state index is 0.0785. The summed E-state index contributed by atoms with van der Waals surface area (Å²) in [6.45, 7) is 6.32. The standard InChI is InChI=1S/C20H27N3O7S/c1-4-29-20(26)23-7-5-22(6-8-23)19(25)10-14(3)31(27,28)17-11-16-15(9-13(17)2)21-18(24)12-30-16/h9,11,14H,4-8,10,12H2,1-3H3,(H,21,24)/t14-/m0/s1. The lowest BCUT2D eigenvalue weighted by molar-refractivity contribution is -0.132. The molecule has 2 heterocycles. The molecular formula is C20H27N3O7S. The molecule has 0 radical (unpaired) electrons. The van der Waals surface area contributed by atoms with Crippen molar-refractivity contribution in [2.24, 2.45) is 0 Å². The van der Waals surface area contributed by atoms with Crippen molar-refractivity contribution >= 4 is 33.4 Å². The van der Waals surface area contributed by atoms with E-state index in [2.05, 4.69) is 5.32 Å². The van der Waals surface area contributed by atoms with E-state index in [1.54, 1.807) is 24.8 Å². The Bertz CT molecular complexity index is 985. The van der Waals surface area contributed by atoms with Gasteiger partial charge in [0.2, 0.25) is 5.91 Å². The Morgan fingerprint density at radius 2 is 1.84 bits per heavy atom. The van der Waals surface area contributed by atoms with Crippen LogP contribution in [0.2, 0.25) is 0 Å². The van der Waals surface area contributed by atoms with Crippen molar-refractivity contribution in [3.63, 3.8) is 0 Å². The zero-order valence-electron chi connectivity index (χ0n) is 17.8. The topological polar surface area (TPSA) is 122 Å². The summed E-state index contributed by atoms with van der Waals surface area (Å²) in [5.74, 6) is -0.291. The molecule has 0 aliphatic carbocycles. The molecule has 3 amide bonds. The minimum atomic E-state index is -3.81. The average Bonchev–Trinajstić information content (AvgIpc) is 2.73. The molecule has 170 valence electrons. The van der Waals surface area contributed by atoms with Crippen LogP contribution in [-0.4, -0.2) is 80.8 Å². The minimum Gasteiger partial charge on any atom is -0.482 e. The largest absolute Gasteiger partial charge is 0.482 e. The molecule has 0 aromatic heterocycles. The van der Waals surface area contributed by atoms with Crippen LogP contribution >= 0.6 is 0 Å². The number of fused-ring (bicyclic) bond motifs is 1. The Labute approximate surface area is 181 Å². The van der Waals surface area contributed by atoms with E-state index >= 15 is 0 Å². The third-order valence-electron chi connectivity index (χ3n) is 5.37. The molecule has 1 atom stereocenters. The summed E-state index contributed by atoms with van der Waals surface area (Å²) in [7, 11) is -3.81. The average molecular weight is 454 g/mol. The van der Waals surface area contributed by atoms with Gasteiger partial charge < -0.3 is 24.6 Å². The first-order valence-corrected chi connectivity index (χ1v) is 11.7. The molecule has 0 spiro atoms. The number of rotatable bonds is 5. The summed E-state index contributed by atoms with van der Waals surface area (Å²) in [4.78, 5) is 39.1. The molecule has 1 aromatic carbocycles. The highest BCUT2D eigenvalue weighted by Crippen LogP contribution is 2.34. The van der Waals surface area contributed by atoms with Crippen LogP contribution in [0.3, 0.4) is 0 Å². The van der Waals surface area contributed by atoms with Crippen LogP contribution in [0.25, 0.3) is 0 Å². The molecule has 1 N–H and O–H groups in total. The van der Waals surface area contributed by atoms with Crippen LogP contribution in [0.5, 0.6) is 5.75 Å². The molecular weight excluding hydrogens is 426 g/mol. The zero-order chi connectivity index (χ0) is 22.8. The van der Waals surface area contributed by atoms with E-state index in [-0.39, 0.29) is 42.1 Å². The summed E-state index contributed by atoms with van der Waals surface area (Å²) < 4.78 is 36.6. The van der Waals surface area contributed by atoms with E-state index in [1.165, 1.54) is 17.9 Å². The predicted molar refractivity (Wildman–Crippen MR) is 112 cm³/mol. The molecule has 2 aliphatic heterocycles. The highest BCUT2D eigenvalue weighted by Gasteiger charge is 2.32. The summed E-state index contributed by atoms with van der Waals surface area (Å²) in [5, 5.41) is 1.70. The smallest absolute Gasteiger partial charge is 0.409 e. The molecule has 0 unspecified atom stereocenters. The number of ether oxygens (including phenoxy) is 2. The lowest BCUT2D eigenvalue weighted by Crippen LogP contribution is -2.51. The highest BCUT2D eigenvalue weighted by molar-refractivity contribution is 7.92. The monoisotopic (exact) mass is 453 g/mol. The van der Waals surface area contributed by atoms with E-state index in [0.717, 1.165) is 0 Å². The molecule has 2 aliphatic rings. The number of aryl methyl sites for hydroxylation is 1. The van der Waals surface area contributed by atoms with Gasteiger partial charge in [-0.05, 0) is 32.4 Å². The Kier molecular flexibility index (Phi) is 6.73. The number of anilines is 1. The molecule has 1 saturated heterocycles. The SMILES string of the molecule is CCOC(=O)N1CCN(C(=O)C[C@H](C)S(=O)(=O)c2cc3c(cc2C)NC(=O)CO3)CC1.